The Hall–Kier alpha value is -6.17. The Labute approximate surface area is 340 Å². The number of rotatable bonds is 11. The normalized spacial score (nSPS) is 17.8. The van der Waals surface area contributed by atoms with Gasteiger partial charge < -0.3 is 45.0 Å². The van der Waals surface area contributed by atoms with E-state index in [2.05, 4.69) is 55.0 Å². The first-order valence-electron chi connectivity index (χ1n) is 19.8. The lowest BCUT2D eigenvalue weighted by molar-refractivity contribution is 0.0493. The summed E-state index contributed by atoms with van der Waals surface area (Å²) in [5, 5.41) is 2.74. The van der Waals surface area contributed by atoms with E-state index in [0.717, 1.165) is 73.2 Å². The van der Waals surface area contributed by atoms with Crippen molar-refractivity contribution in [1.29, 1.82) is 0 Å². The predicted octanol–water partition coefficient (Wildman–Crippen LogP) is 6.69. The first-order valence-corrected chi connectivity index (χ1v) is 19.8. The zero-order chi connectivity index (χ0) is 41.7. The fourth-order valence-corrected chi connectivity index (χ4v) is 7.24. The molecule has 5 N–H and O–H groups in total. The van der Waals surface area contributed by atoms with E-state index in [0.29, 0.717) is 35.2 Å². The minimum atomic E-state index is -0.588. The summed E-state index contributed by atoms with van der Waals surface area (Å²) in [6.45, 7) is 11.2. The Morgan fingerprint density at radius 3 is 1.78 bits per heavy atom. The van der Waals surface area contributed by atoms with Crippen molar-refractivity contribution in [1.82, 2.24) is 45.2 Å². The summed E-state index contributed by atoms with van der Waals surface area (Å²) in [7, 11) is 0. The summed E-state index contributed by atoms with van der Waals surface area (Å²) < 4.78 is 45.0. The maximum atomic E-state index is 14.2. The molecule has 0 aromatic carbocycles. The number of hydrogen-bond donors (Lipinski definition) is 4. The molecule has 2 aliphatic rings. The average Bonchev–Trinajstić information content (AvgIpc) is 4.03. The number of amides is 1. The molecule has 8 rings (SSSR count). The number of fused-ring (bicyclic) bond motifs is 2. The molecule has 0 radical (unpaired) electrons. The molecule has 2 saturated heterocycles. The van der Waals surface area contributed by atoms with Gasteiger partial charge in [-0.05, 0) is 96.7 Å². The van der Waals surface area contributed by atoms with E-state index < -0.39 is 17.5 Å². The number of anilines is 2. The van der Waals surface area contributed by atoms with Gasteiger partial charge in [0, 0.05) is 30.3 Å². The van der Waals surface area contributed by atoms with Crippen molar-refractivity contribution < 1.29 is 27.8 Å². The van der Waals surface area contributed by atoms with Crippen molar-refractivity contribution in [2.45, 2.75) is 90.1 Å². The van der Waals surface area contributed by atoms with Crippen LogP contribution >= 0.6 is 0 Å². The number of carbonyl (C=O) groups is 1. The molecule has 312 valence electrons. The highest BCUT2D eigenvalue weighted by atomic mass is 19.1. The predicted molar refractivity (Wildman–Crippen MR) is 218 cm³/mol. The number of nitrogens with zero attached hydrogens (tertiary/aromatic N) is 8. The van der Waals surface area contributed by atoms with E-state index in [1.165, 1.54) is 18.3 Å². The number of aromatic nitrogens is 8. The highest BCUT2D eigenvalue weighted by Crippen LogP contribution is 2.40. The summed E-state index contributed by atoms with van der Waals surface area (Å²) >= 11 is 0. The van der Waals surface area contributed by atoms with Crippen molar-refractivity contribution in [3.63, 3.8) is 0 Å². The molecule has 2 aliphatic heterocycles. The van der Waals surface area contributed by atoms with Crippen molar-refractivity contribution in [3.8, 4) is 11.8 Å². The molecule has 16 nitrogen and oxygen atoms in total. The molecule has 2 fully saturated rings. The second kappa shape index (κ2) is 17.8. The van der Waals surface area contributed by atoms with Crippen LogP contribution < -0.4 is 30.3 Å². The van der Waals surface area contributed by atoms with Gasteiger partial charge in [-0.2, -0.15) is 0 Å². The van der Waals surface area contributed by atoms with Gasteiger partial charge >= 0.3 is 6.09 Å². The summed E-state index contributed by atoms with van der Waals surface area (Å²) in [6, 6.07) is 10.1. The number of alkyl carbamates (subject to hydrolysis) is 1. The minimum absolute atomic E-state index is 0.0508. The van der Waals surface area contributed by atoms with Gasteiger partial charge in [0.1, 0.15) is 42.1 Å². The smallest absolute Gasteiger partial charge is 0.407 e. The summed E-state index contributed by atoms with van der Waals surface area (Å²) in [5.74, 6) is 1.55. The SMILES string of the molecule is C[C@@H](N)COc1ncc(F)cc1C1CCCN1c1ccc2[nH]cnc2n1.C[C@H](COc1ncc(F)cc1C1CCCN1c1ccc2[nH]cnc2n1)NC(=O)OC(C)(C)C. The molecule has 6 aromatic rings. The Balaban J connectivity index is 0.000000184. The van der Waals surface area contributed by atoms with E-state index in [1.807, 2.05) is 31.2 Å². The number of ether oxygens (including phenoxy) is 3. The molecule has 6 aromatic heterocycles. The largest absolute Gasteiger partial charge is 0.476 e. The highest BCUT2D eigenvalue weighted by molar-refractivity contribution is 5.73. The van der Waals surface area contributed by atoms with Gasteiger partial charge in [0.15, 0.2) is 11.3 Å². The Morgan fingerprint density at radius 2 is 1.31 bits per heavy atom. The van der Waals surface area contributed by atoms with E-state index in [9.17, 15) is 13.6 Å². The molecule has 0 spiro atoms. The van der Waals surface area contributed by atoms with Gasteiger partial charge in [0.05, 0.1) is 54.2 Å². The maximum Gasteiger partial charge on any atom is 0.407 e. The third kappa shape index (κ3) is 10.1. The van der Waals surface area contributed by atoms with Crippen LogP contribution in [0.5, 0.6) is 11.8 Å². The Bertz CT molecular complexity index is 2370. The van der Waals surface area contributed by atoms with Gasteiger partial charge in [-0.3, -0.25) is 0 Å². The number of halogens is 2. The number of H-pyrrole nitrogens is 2. The van der Waals surface area contributed by atoms with Gasteiger partial charge in [0.25, 0.3) is 0 Å². The molecule has 59 heavy (non-hydrogen) atoms. The third-order valence-electron chi connectivity index (χ3n) is 9.75. The summed E-state index contributed by atoms with van der Waals surface area (Å²) in [5.41, 5.74) is 9.62. The summed E-state index contributed by atoms with van der Waals surface area (Å²) in [4.78, 5) is 48.4. The zero-order valence-electron chi connectivity index (χ0n) is 33.8. The first kappa shape index (κ1) is 41.0. The fourth-order valence-electron chi connectivity index (χ4n) is 7.24. The monoisotopic (exact) mass is 812 g/mol. The molecular weight excluding hydrogens is 763 g/mol. The second-order valence-corrected chi connectivity index (χ2v) is 15.8. The number of imidazole rings is 2. The van der Waals surface area contributed by atoms with Crippen LogP contribution in [0, 0.1) is 11.6 Å². The van der Waals surface area contributed by atoms with Gasteiger partial charge in [0.2, 0.25) is 11.8 Å². The van der Waals surface area contributed by atoms with Crippen molar-refractivity contribution in [2.75, 3.05) is 36.1 Å². The average molecular weight is 813 g/mol. The van der Waals surface area contributed by atoms with Crippen molar-refractivity contribution in [2.24, 2.45) is 5.73 Å². The molecule has 4 atom stereocenters. The molecule has 1 amide bonds. The van der Waals surface area contributed by atoms with Crippen molar-refractivity contribution in [3.05, 3.63) is 84.2 Å². The van der Waals surface area contributed by atoms with Crippen molar-refractivity contribution >= 4 is 40.1 Å². The van der Waals surface area contributed by atoms with Crippen LogP contribution in [0.4, 0.5) is 25.2 Å². The highest BCUT2D eigenvalue weighted by Gasteiger charge is 2.32. The second-order valence-electron chi connectivity index (χ2n) is 15.8. The molecule has 0 aliphatic carbocycles. The van der Waals surface area contributed by atoms with Gasteiger partial charge in [-0.25, -0.2) is 43.5 Å². The van der Waals surface area contributed by atoms with Crippen LogP contribution in [0.1, 0.15) is 83.5 Å². The van der Waals surface area contributed by atoms with Crippen LogP contribution in [-0.2, 0) is 4.74 Å². The number of nitrogens with two attached hydrogens (primary N) is 1. The van der Waals surface area contributed by atoms with E-state index in [1.54, 1.807) is 40.3 Å². The number of pyridine rings is 4. The molecule has 18 heteroatoms. The van der Waals surface area contributed by atoms with Gasteiger partial charge in [-0.1, -0.05) is 0 Å². The summed E-state index contributed by atoms with van der Waals surface area (Å²) in [6.07, 6.45) is 8.62. The van der Waals surface area contributed by atoms with E-state index in [4.69, 9.17) is 19.9 Å². The van der Waals surface area contributed by atoms with E-state index >= 15 is 0 Å². The van der Waals surface area contributed by atoms with Crippen LogP contribution in [0.15, 0.2) is 61.4 Å². The fraction of sp³-hybridized carbons (Fsp3) is 0.439. The van der Waals surface area contributed by atoms with Crippen LogP contribution in [0.25, 0.3) is 22.3 Å². The number of nitrogens with one attached hydrogen (secondary N) is 3. The molecule has 2 unspecified atom stereocenters. The zero-order valence-corrected chi connectivity index (χ0v) is 33.8. The quantitative estimate of drug-likeness (QED) is 0.108. The Kier molecular flexibility index (Phi) is 12.3. The number of carbonyl (C=O) groups excluding carboxylic acids is 1. The standard InChI is InChI=1S/C23H29FN6O3.C18H21FN6O/c1-14(28-22(31)33-23(2,3)4)12-32-21-16(10-15(24)11-25-21)18-6-5-9-30(18)19-8-7-17-20(29-19)27-13-26-17;1-11(20)9-26-18-13(7-12(19)8-21-18)15-3-2-6-25(15)16-5-4-14-17(24-16)23-10-22-14/h7-8,10-11,13-14,18H,5-6,9,12H2,1-4H3,(H,28,31)(H,26,27,29);4-5,7-8,10-11,15H,2-3,6,9,20H2,1H3,(H,22,23,24)/t14-,18?;11-,15?/m11/s1. The van der Waals surface area contributed by atoms with Gasteiger partial charge in [-0.15, -0.1) is 0 Å². The first-order chi connectivity index (χ1) is 28.3. The molecular formula is C41H50F2N12O4. The molecule has 8 heterocycles. The van der Waals surface area contributed by atoms with Crippen LogP contribution in [-0.4, -0.2) is 90.0 Å². The number of hydrogen-bond acceptors (Lipinski definition) is 13. The Morgan fingerprint density at radius 1 is 0.814 bits per heavy atom. The molecule has 0 bridgehead atoms. The lowest BCUT2D eigenvalue weighted by Crippen LogP contribution is -2.40. The van der Waals surface area contributed by atoms with E-state index in [-0.39, 0.29) is 36.6 Å². The maximum absolute atomic E-state index is 14.2. The minimum Gasteiger partial charge on any atom is -0.476 e. The number of aromatic amines is 2. The lowest BCUT2D eigenvalue weighted by Gasteiger charge is -2.27. The molecule has 0 saturated carbocycles. The van der Waals surface area contributed by atoms with Crippen LogP contribution in [0.2, 0.25) is 0 Å². The topological polar surface area (TPSA) is 198 Å². The van der Waals surface area contributed by atoms with Crippen LogP contribution in [0.3, 0.4) is 0 Å². The lowest BCUT2D eigenvalue weighted by atomic mass is 10.1. The third-order valence-corrected chi connectivity index (χ3v) is 9.75.